The lowest BCUT2D eigenvalue weighted by atomic mass is 9.72. The predicted molar refractivity (Wildman–Crippen MR) is 89.8 cm³/mol. The second-order valence-corrected chi connectivity index (χ2v) is 7.20. The second kappa shape index (κ2) is 7.44. The molecule has 9 nitrogen and oxygen atoms in total. The first kappa shape index (κ1) is 20.2. The molecule has 1 aliphatic carbocycles. The fourth-order valence-electron chi connectivity index (χ4n) is 3.64. The lowest BCUT2D eigenvalue weighted by Crippen LogP contribution is -2.59. The van der Waals surface area contributed by atoms with Gasteiger partial charge in [0.2, 0.25) is 0 Å². The number of aliphatic hydroxyl groups excluding tert-OH is 4. The van der Waals surface area contributed by atoms with Crippen LogP contribution < -0.4 is 0 Å². The summed E-state index contributed by atoms with van der Waals surface area (Å²) in [6, 6.07) is 4.45. The number of fused-ring (bicyclic) bond motifs is 1. The summed E-state index contributed by atoms with van der Waals surface area (Å²) in [7, 11) is 0. The number of aliphatic hydroxyl groups is 5. The van der Waals surface area contributed by atoms with Crippen molar-refractivity contribution in [1.82, 2.24) is 0 Å². The van der Waals surface area contributed by atoms with Crippen molar-refractivity contribution in [2.75, 3.05) is 13.2 Å². The quantitative estimate of drug-likeness (QED) is 0.368. The average molecular weight is 384 g/mol. The number of carbonyl (C=O) groups is 1. The molecule has 150 valence electrons. The van der Waals surface area contributed by atoms with E-state index in [9.17, 15) is 35.4 Å². The van der Waals surface area contributed by atoms with Gasteiger partial charge in [0.05, 0.1) is 24.4 Å². The van der Waals surface area contributed by atoms with Crippen molar-refractivity contribution in [3.8, 4) is 5.75 Å². The number of ether oxygens (including phenoxy) is 2. The molecule has 7 atom stereocenters. The van der Waals surface area contributed by atoms with Crippen LogP contribution in [0, 0.1) is 5.92 Å². The number of hydrogen-bond donors (Lipinski definition) is 6. The van der Waals surface area contributed by atoms with Crippen LogP contribution in [-0.4, -0.2) is 80.3 Å². The number of carbonyl (C=O) groups excluding carboxylic acids is 1. The highest BCUT2D eigenvalue weighted by molar-refractivity contribution is 6.01. The number of hydrogen-bond acceptors (Lipinski definition) is 9. The molecule has 0 unspecified atom stereocenters. The molecular weight excluding hydrogens is 360 g/mol. The maximum absolute atomic E-state index is 12.4. The molecule has 1 saturated heterocycles. The first-order valence-corrected chi connectivity index (χ1v) is 8.68. The summed E-state index contributed by atoms with van der Waals surface area (Å²) in [5, 5.41) is 59.7. The Morgan fingerprint density at radius 2 is 1.93 bits per heavy atom. The minimum Gasteiger partial charge on any atom is -0.507 e. The van der Waals surface area contributed by atoms with Crippen LogP contribution in [0.1, 0.15) is 29.3 Å². The number of rotatable bonds is 4. The summed E-state index contributed by atoms with van der Waals surface area (Å²) in [5.41, 5.74) is -1.14. The minimum atomic E-state index is -1.58. The monoisotopic (exact) mass is 384 g/mol. The van der Waals surface area contributed by atoms with Gasteiger partial charge in [-0.2, -0.15) is 0 Å². The van der Waals surface area contributed by atoms with Crippen molar-refractivity contribution in [2.24, 2.45) is 5.92 Å². The number of ketones is 1. The zero-order valence-corrected chi connectivity index (χ0v) is 14.7. The minimum absolute atomic E-state index is 0.0755. The highest BCUT2D eigenvalue weighted by atomic mass is 16.7. The van der Waals surface area contributed by atoms with Gasteiger partial charge < -0.3 is 40.1 Å². The van der Waals surface area contributed by atoms with Crippen LogP contribution in [0.5, 0.6) is 5.75 Å². The number of phenols is 1. The molecule has 1 aromatic carbocycles. The zero-order valence-electron chi connectivity index (χ0n) is 14.7. The largest absolute Gasteiger partial charge is 0.507 e. The number of benzene rings is 1. The third kappa shape index (κ3) is 3.47. The van der Waals surface area contributed by atoms with Crippen LogP contribution >= 0.6 is 0 Å². The summed E-state index contributed by atoms with van der Waals surface area (Å²) < 4.78 is 10.8. The molecule has 1 aliphatic heterocycles. The Morgan fingerprint density at radius 3 is 2.59 bits per heavy atom. The molecule has 2 aliphatic rings. The SMILES string of the molecule is C[C@]1(O)c2cccc(O)c2C(=O)C[C@@H]1CO[C@H]1O[C@H](CO)[C@@H](O)[C@H](O)[C@H]1O. The van der Waals surface area contributed by atoms with Gasteiger partial charge in [-0.1, -0.05) is 12.1 Å². The Bertz CT molecular complexity index is 702. The van der Waals surface area contributed by atoms with Crippen molar-refractivity contribution < 1.29 is 44.9 Å². The van der Waals surface area contributed by atoms with Crippen LogP contribution in [0.2, 0.25) is 0 Å². The number of phenolic OH excluding ortho intramolecular Hbond substituents is 1. The molecule has 6 N–H and O–H groups in total. The van der Waals surface area contributed by atoms with E-state index >= 15 is 0 Å². The van der Waals surface area contributed by atoms with Crippen molar-refractivity contribution in [3.05, 3.63) is 29.3 Å². The van der Waals surface area contributed by atoms with Gasteiger partial charge in [0, 0.05) is 12.3 Å². The lowest BCUT2D eigenvalue weighted by molar-refractivity contribution is -0.305. The van der Waals surface area contributed by atoms with E-state index in [1.807, 2.05) is 0 Å². The van der Waals surface area contributed by atoms with Crippen molar-refractivity contribution >= 4 is 5.78 Å². The van der Waals surface area contributed by atoms with Crippen LogP contribution in [0.25, 0.3) is 0 Å². The average Bonchev–Trinajstić information content (AvgIpc) is 2.63. The van der Waals surface area contributed by atoms with Gasteiger partial charge in [0.25, 0.3) is 0 Å². The highest BCUT2D eigenvalue weighted by Crippen LogP contribution is 2.42. The van der Waals surface area contributed by atoms with Gasteiger partial charge in [-0.25, -0.2) is 0 Å². The molecule has 0 aromatic heterocycles. The Hall–Kier alpha value is -1.59. The fraction of sp³-hybridized carbons (Fsp3) is 0.611. The van der Waals surface area contributed by atoms with Crippen molar-refractivity contribution in [1.29, 1.82) is 0 Å². The summed E-state index contributed by atoms with van der Waals surface area (Å²) in [6.45, 7) is 0.715. The Labute approximate surface area is 155 Å². The highest BCUT2D eigenvalue weighted by Gasteiger charge is 2.47. The summed E-state index contributed by atoms with van der Waals surface area (Å²) >= 11 is 0. The summed E-state index contributed by atoms with van der Waals surface area (Å²) in [5.74, 6) is -1.25. The first-order valence-electron chi connectivity index (χ1n) is 8.68. The smallest absolute Gasteiger partial charge is 0.186 e. The van der Waals surface area contributed by atoms with Crippen molar-refractivity contribution in [2.45, 2.75) is 49.7 Å². The second-order valence-electron chi connectivity index (χ2n) is 7.20. The Morgan fingerprint density at radius 1 is 1.22 bits per heavy atom. The molecule has 0 amide bonds. The van der Waals surface area contributed by atoms with Gasteiger partial charge in [-0.3, -0.25) is 4.79 Å². The van der Waals surface area contributed by atoms with E-state index in [-0.39, 0.29) is 35.7 Å². The Balaban J connectivity index is 1.76. The van der Waals surface area contributed by atoms with Gasteiger partial charge in [0.15, 0.2) is 12.1 Å². The van der Waals surface area contributed by atoms with Crippen LogP contribution in [0.4, 0.5) is 0 Å². The van der Waals surface area contributed by atoms with Crippen LogP contribution in [0.15, 0.2) is 18.2 Å². The van der Waals surface area contributed by atoms with Crippen LogP contribution in [-0.2, 0) is 15.1 Å². The molecule has 0 saturated carbocycles. The predicted octanol–water partition coefficient (Wildman–Crippen LogP) is -1.38. The van der Waals surface area contributed by atoms with E-state index in [2.05, 4.69) is 0 Å². The topological polar surface area (TPSA) is 157 Å². The maximum Gasteiger partial charge on any atom is 0.186 e. The number of Topliss-reactive ketones (excluding diaryl/α,β-unsaturated/α-hetero) is 1. The fourth-order valence-corrected chi connectivity index (χ4v) is 3.64. The Kier molecular flexibility index (Phi) is 5.55. The standard InChI is InChI=1S/C18H24O9/c1-18(25)8(5-11(21)13-9(18)3-2-4-10(13)20)7-26-17-16(24)15(23)14(22)12(6-19)27-17/h2-4,8,12,14-17,19-20,22-25H,5-7H2,1H3/t8-,12-,14-,15+,16-,17+,18-/m1/s1. The summed E-state index contributed by atoms with van der Waals surface area (Å²) in [6.07, 6.45) is -7.21. The van der Waals surface area contributed by atoms with Crippen molar-refractivity contribution in [3.63, 3.8) is 0 Å². The molecule has 1 aromatic rings. The molecule has 9 heteroatoms. The van der Waals surface area contributed by atoms with E-state index < -0.39 is 48.8 Å². The van der Waals surface area contributed by atoms with E-state index in [4.69, 9.17) is 9.47 Å². The zero-order chi connectivity index (χ0) is 19.9. The maximum atomic E-state index is 12.4. The van der Waals surface area contributed by atoms with E-state index in [0.717, 1.165) is 0 Å². The van der Waals surface area contributed by atoms with E-state index in [1.165, 1.54) is 19.1 Å². The molecule has 0 radical (unpaired) electrons. The molecule has 1 heterocycles. The third-order valence-corrected chi connectivity index (χ3v) is 5.40. The molecule has 3 rings (SSSR count). The molecule has 0 spiro atoms. The first-order chi connectivity index (χ1) is 12.7. The normalized spacial score (nSPS) is 39.3. The van der Waals surface area contributed by atoms with E-state index in [1.54, 1.807) is 6.07 Å². The van der Waals surface area contributed by atoms with Gasteiger partial charge in [-0.05, 0) is 18.6 Å². The summed E-state index contributed by atoms with van der Waals surface area (Å²) in [4.78, 5) is 12.4. The van der Waals surface area contributed by atoms with E-state index in [0.29, 0.717) is 0 Å². The molecule has 27 heavy (non-hydrogen) atoms. The number of aromatic hydroxyl groups is 1. The molecule has 0 bridgehead atoms. The van der Waals surface area contributed by atoms with Gasteiger partial charge in [-0.15, -0.1) is 0 Å². The lowest BCUT2D eigenvalue weighted by Gasteiger charge is -2.42. The molecular formula is C18H24O9. The van der Waals surface area contributed by atoms with Gasteiger partial charge in [0.1, 0.15) is 30.2 Å². The third-order valence-electron chi connectivity index (χ3n) is 5.40. The molecule has 1 fully saturated rings. The van der Waals surface area contributed by atoms with Gasteiger partial charge >= 0.3 is 0 Å². The van der Waals surface area contributed by atoms with Crippen LogP contribution in [0.3, 0.4) is 0 Å².